The van der Waals surface area contributed by atoms with E-state index in [1.165, 1.54) is 6.07 Å². The van der Waals surface area contributed by atoms with Gasteiger partial charge in [-0.05, 0) is 72.4 Å². The van der Waals surface area contributed by atoms with Crippen molar-refractivity contribution in [2.75, 3.05) is 6.61 Å². The molecule has 5 rings (SSSR count). The van der Waals surface area contributed by atoms with Crippen LogP contribution in [0.4, 0.5) is 13.2 Å². The molecule has 0 spiro atoms. The van der Waals surface area contributed by atoms with E-state index in [1.807, 2.05) is 24.3 Å². The maximum atomic E-state index is 14.8. The minimum Gasteiger partial charge on any atom is -0.489 e. The second-order valence-corrected chi connectivity index (χ2v) is 9.16. The Morgan fingerprint density at radius 3 is 2.18 bits per heavy atom. The first-order chi connectivity index (χ1) is 16.5. The first-order valence-corrected chi connectivity index (χ1v) is 11.8. The number of hydrogen-bond donors (Lipinski definition) is 0. The summed E-state index contributed by atoms with van der Waals surface area (Å²) in [6.07, 6.45) is 5.44. The van der Waals surface area contributed by atoms with Gasteiger partial charge in [-0.15, -0.1) is 6.58 Å². The summed E-state index contributed by atoms with van der Waals surface area (Å²) in [5.74, 6) is -0.840. The third-order valence-electron chi connectivity index (χ3n) is 7.00. The highest BCUT2D eigenvalue weighted by Crippen LogP contribution is 2.38. The molecule has 2 aliphatic rings. The van der Waals surface area contributed by atoms with Crippen LogP contribution >= 0.6 is 0 Å². The fourth-order valence-electron chi connectivity index (χ4n) is 4.80. The summed E-state index contributed by atoms with van der Waals surface area (Å²) in [4.78, 5) is 0. The summed E-state index contributed by atoms with van der Waals surface area (Å²) in [7, 11) is 0. The van der Waals surface area contributed by atoms with Crippen LogP contribution in [0, 0.1) is 23.4 Å². The predicted octanol–water partition coefficient (Wildman–Crippen LogP) is 7.88. The molecule has 5 heteroatoms. The highest BCUT2D eigenvalue weighted by molar-refractivity contribution is 5.64. The van der Waals surface area contributed by atoms with Crippen LogP contribution in [0.25, 0.3) is 11.1 Å². The van der Waals surface area contributed by atoms with Crippen LogP contribution in [0.1, 0.15) is 54.4 Å². The molecule has 1 saturated carbocycles. The quantitative estimate of drug-likeness (QED) is 0.262. The lowest BCUT2D eigenvalue weighted by molar-refractivity contribution is 0.296. The van der Waals surface area contributed by atoms with Gasteiger partial charge in [0.05, 0.1) is 6.61 Å². The molecular formula is C29H27F3O2. The SMILES string of the molecule is C=CC1CCC(c2ccc(COc3ccc(-c4ccc(C5CO5)c(F)c4)cc3)c(F)c2F)CC1. The lowest BCUT2D eigenvalue weighted by Crippen LogP contribution is -2.14. The summed E-state index contributed by atoms with van der Waals surface area (Å²) in [6, 6.07) is 15.5. The molecule has 1 aliphatic heterocycles. The molecule has 34 heavy (non-hydrogen) atoms. The maximum Gasteiger partial charge on any atom is 0.165 e. The minimum atomic E-state index is -0.838. The zero-order valence-corrected chi connectivity index (χ0v) is 18.9. The molecule has 176 valence electrons. The fourth-order valence-corrected chi connectivity index (χ4v) is 4.80. The van der Waals surface area contributed by atoms with Gasteiger partial charge < -0.3 is 9.47 Å². The number of ether oxygens (including phenoxy) is 2. The van der Waals surface area contributed by atoms with Crippen molar-refractivity contribution >= 4 is 0 Å². The third kappa shape index (κ3) is 4.76. The monoisotopic (exact) mass is 464 g/mol. The Balaban J connectivity index is 1.23. The molecule has 1 aliphatic carbocycles. The maximum absolute atomic E-state index is 14.8. The summed E-state index contributed by atoms with van der Waals surface area (Å²) in [5.41, 5.74) is 2.81. The Labute approximate surface area is 198 Å². The van der Waals surface area contributed by atoms with Crippen molar-refractivity contribution in [1.29, 1.82) is 0 Å². The summed E-state index contributed by atoms with van der Waals surface area (Å²) >= 11 is 0. The Morgan fingerprint density at radius 1 is 0.853 bits per heavy atom. The molecule has 1 atom stereocenters. The van der Waals surface area contributed by atoms with Crippen molar-refractivity contribution in [2.45, 2.75) is 44.3 Å². The average molecular weight is 465 g/mol. The Morgan fingerprint density at radius 2 is 1.53 bits per heavy atom. The highest BCUT2D eigenvalue weighted by atomic mass is 19.2. The molecule has 0 aromatic heterocycles. The van der Waals surface area contributed by atoms with Crippen LogP contribution in [-0.2, 0) is 11.3 Å². The van der Waals surface area contributed by atoms with Crippen molar-refractivity contribution in [2.24, 2.45) is 5.92 Å². The van der Waals surface area contributed by atoms with Gasteiger partial charge in [-0.1, -0.05) is 42.5 Å². The lowest BCUT2D eigenvalue weighted by atomic mass is 9.78. The summed E-state index contributed by atoms with van der Waals surface area (Å²) in [5, 5.41) is 0. The molecule has 3 aromatic carbocycles. The van der Waals surface area contributed by atoms with E-state index in [4.69, 9.17) is 9.47 Å². The van der Waals surface area contributed by atoms with Gasteiger partial charge in [0.1, 0.15) is 24.3 Å². The number of rotatable bonds is 7. The van der Waals surface area contributed by atoms with E-state index >= 15 is 0 Å². The van der Waals surface area contributed by atoms with Crippen molar-refractivity contribution in [3.63, 3.8) is 0 Å². The van der Waals surface area contributed by atoms with Crippen LogP contribution in [0.3, 0.4) is 0 Å². The lowest BCUT2D eigenvalue weighted by Gasteiger charge is -2.27. The smallest absolute Gasteiger partial charge is 0.165 e. The van der Waals surface area contributed by atoms with Crippen molar-refractivity contribution in [3.05, 3.63) is 101 Å². The second kappa shape index (κ2) is 9.67. The van der Waals surface area contributed by atoms with E-state index in [2.05, 4.69) is 6.58 Å². The van der Waals surface area contributed by atoms with Crippen molar-refractivity contribution in [3.8, 4) is 16.9 Å². The first-order valence-electron chi connectivity index (χ1n) is 11.8. The molecule has 3 aromatic rings. The van der Waals surface area contributed by atoms with E-state index in [-0.39, 0.29) is 30.0 Å². The van der Waals surface area contributed by atoms with Gasteiger partial charge in [0, 0.05) is 11.1 Å². The highest BCUT2D eigenvalue weighted by Gasteiger charge is 2.28. The Bertz CT molecular complexity index is 1180. The second-order valence-electron chi connectivity index (χ2n) is 9.16. The van der Waals surface area contributed by atoms with Gasteiger partial charge in [-0.25, -0.2) is 13.2 Å². The van der Waals surface area contributed by atoms with Gasteiger partial charge in [-0.2, -0.15) is 0 Å². The van der Waals surface area contributed by atoms with Crippen LogP contribution in [0.15, 0.2) is 67.3 Å². The fraction of sp³-hybridized carbons (Fsp3) is 0.310. The summed E-state index contributed by atoms with van der Waals surface area (Å²) in [6.45, 7) is 4.33. The Hall–Kier alpha value is -3.05. The molecule has 1 saturated heterocycles. The summed E-state index contributed by atoms with van der Waals surface area (Å²) < 4.78 is 54.7. The third-order valence-corrected chi connectivity index (χ3v) is 7.00. The van der Waals surface area contributed by atoms with Gasteiger partial charge in [0.25, 0.3) is 0 Å². The predicted molar refractivity (Wildman–Crippen MR) is 126 cm³/mol. The minimum absolute atomic E-state index is 0.0453. The first kappa shape index (κ1) is 22.7. The molecule has 1 unspecified atom stereocenters. The zero-order chi connectivity index (χ0) is 23.7. The molecule has 0 amide bonds. The van der Waals surface area contributed by atoms with Crippen molar-refractivity contribution in [1.82, 2.24) is 0 Å². The van der Waals surface area contributed by atoms with Gasteiger partial charge in [0.15, 0.2) is 11.6 Å². The Kier molecular flexibility index (Phi) is 6.46. The number of allylic oxidation sites excluding steroid dienone is 1. The number of halogens is 3. The number of hydrogen-bond acceptors (Lipinski definition) is 2. The molecule has 0 bridgehead atoms. The zero-order valence-electron chi connectivity index (χ0n) is 18.9. The van der Waals surface area contributed by atoms with Crippen LogP contribution in [-0.4, -0.2) is 6.61 Å². The topological polar surface area (TPSA) is 21.8 Å². The molecular weight excluding hydrogens is 437 g/mol. The molecule has 0 radical (unpaired) electrons. The van der Waals surface area contributed by atoms with Crippen molar-refractivity contribution < 1.29 is 22.6 Å². The normalized spacial score (nSPS) is 21.8. The van der Waals surface area contributed by atoms with E-state index in [1.54, 1.807) is 30.3 Å². The molecule has 2 nitrogen and oxygen atoms in total. The number of epoxide rings is 1. The largest absolute Gasteiger partial charge is 0.489 e. The van der Waals surface area contributed by atoms with Crippen LogP contribution in [0.5, 0.6) is 5.75 Å². The van der Waals surface area contributed by atoms with E-state index < -0.39 is 11.6 Å². The van der Waals surface area contributed by atoms with E-state index in [9.17, 15) is 13.2 Å². The van der Waals surface area contributed by atoms with Gasteiger partial charge >= 0.3 is 0 Å². The number of benzene rings is 3. The average Bonchev–Trinajstić information content (AvgIpc) is 3.71. The standard InChI is InChI=1S/C29H27F3O2/c1-2-18-3-5-20(6-4-18)24-13-10-22(28(31)29(24)32)16-33-23-11-7-19(8-12-23)21-9-14-25(26(30)15-21)27-17-34-27/h2,7-15,18,20,27H,1,3-6,16-17H2. The van der Waals surface area contributed by atoms with Gasteiger partial charge in [-0.3, -0.25) is 0 Å². The molecule has 2 fully saturated rings. The van der Waals surface area contributed by atoms with Crippen LogP contribution < -0.4 is 4.74 Å². The molecule has 0 N–H and O–H groups in total. The van der Waals surface area contributed by atoms with Gasteiger partial charge in [0.2, 0.25) is 0 Å². The van der Waals surface area contributed by atoms with Crippen LogP contribution in [0.2, 0.25) is 0 Å². The van der Waals surface area contributed by atoms with E-state index in [0.717, 1.165) is 36.8 Å². The molecule has 1 heterocycles. The van der Waals surface area contributed by atoms with E-state index in [0.29, 0.717) is 29.4 Å².